The van der Waals surface area contributed by atoms with Gasteiger partial charge in [-0.15, -0.1) is 0 Å². The molecule has 0 bridgehead atoms. The summed E-state index contributed by atoms with van der Waals surface area (Å²) >= 11 is 6.03. The van der Waals surface area contributed by atoms with Crippen molar-refractivity contribution in [2.24, 2.45) is 5.73 Å². The largest absolute Gasteiger partial charge is 0.495 e. The fraction of sp³-hybridized carbons (Fsp3) is 0.500. The highest BCUT2D eigenvalue weighted by atomic mass is 35.5. The van der Waals surface area contributed by atoms with Gasteiger partial charge in [0.05, 0.1) is 12.1 Å². The number of methoxy groups -OCH3 is 1. The minimum atomic E-state index is 0.194. The Hall–Kier alpha value is -0.770. The zero-order valence-electron chi connectivity index (χ0n) is 9.79. The first-order valence-corrected chi connectivity index (χ1v) is 5.80. The summed E-state index contributed by atoms with van der Waals surface area (Å²) in [6.07, 6.45) is 0.941. The third-order valence-electron chi connectivity index (χ3n) is 2.27. The van der Waals surface area contributed by atoms with Crippen molar-refractivity contribution in [1.29, 1.82) is 0 Å². The second kappa shape index (κ2) is 6.74. The van der Waals surface area contributed by atoms with Crippen LogP contribution in [0.3, 0.4) is 0 Å². The maximum absolute atomic E-state index is 6.03. The molecule has 0 amide bonds. The fourth-order valence-electron chi connectivity index (χ4n) is 1.43. The lowest BCUT2D eigenvalue weighted by Gasteiger charge is -2.08. The van der Waals surface area contributed by atoms with Crippen LogP contribution < -0.4 is 15.8 Å². The molecule has 0 aliphatic carbocycles. The van der Waals surface area contributed by atoms with Crippen LogP contribution in [0.1, 0.15) is 12.5 Å². The number of benzene rings is 1. The zero-order chi connectivity index (χ0) is 12.0. The van der Waals surface area contributed by atoms with Gasteiger partial charge < -0.3 is 15.8 Å². The third kappa shape index (κ3) is 4.39. The lowest BCUT2D eigenvalue weighted by molar-refractivity contribution is 0.415. The van der Waals surface area contributed by atoms with Crippen molar-refractivity contribution < 1.29 is 4.74 Å². The molecule has 0 heterocycles. The minimum absolute atomic E-state index is 0.194. The molecule has 0 saturated heterocycles. The predicted octanol–water partition coefficient (Wildman–Crippen LogP) is 1.83. The molecule has 0 aromatic heterocycles. The summed E-state index contributed by atoms with van der Waals surface area (Å²) in [5.41, 5.74) is 6.83. The number of nitrogens with two attached hydrogens (primary N) is 1. The van der Waals surface area contributed by atoms with Crippen molar-refractivity contribution in [1.82, 2.24) is 5.32 Å². The second-order valence-corrected chi connectivity index (χ2v) is 4.31. The maximum atomic E-state index is 6.03. The van der Waals surface area contributed by atoms with Crippen LogP contribution in [0.5, 0.6) is 5.75 Å². The average molecular weight is 243 g/mol. The standard InChI is InChI=1S/C12H19ClN2O/c1-9(14)8-15-6-5-10-3-4-12(16-2)11(13)7-10/h3-4,7,9,15H,5-6,8,14H2,1-2H3. The summed E-state index contributed by atoms with van der Waals surface area (Å²) in [6.45, 7) is 3.73. The Bertz CT molecular complexity index is 329. The van der Waals surface area contributed by atoms with E-state index in [1.54, 1.807) is 7.11 Å². The number of hydrogen-bond donors (Lipinski definition) is 2. The smallest absolute Gasteiger partial charge is 0.137 e. The van der Waals surface area contributed by atoms with Crippen LogP contribution in [0.25, 0.3) is 0 Å². The maximum Gasteiger partial charge on any atom is 0.137 e. The molecular formula is C12H19ClN2O. The molecule has 0 saturated carbocycles. The van der Waals surface area contributed by atoms with Crippen molar-refractivity contribution in [3.63, 3.8) is 0 Å². The number of ether oxygens (including phenoxy) is 1. The number of nitrogens with one attached hydrogen (secondary N) is 1. The highest BCUT2D eigenvalue weighted by Gasteiger charge is 2.01. The number of hydrogen-bond acceptors (Lipinski definition) is 3. The van der Waals surface area contributed by atoms with Gasteiger partial charge >= 0.3 is 0 Å². The molecule has 16 heavy (non-hydrogen) atoms. The first kappa shape index (κ1) is 13.3. The highest BCUT2D eigenvalue weighted by Crippen LogP contribution is 2.24. The van der Waals surface area contributed by atoms with Crippen LogP contribution in [-0.2, 0) is 6.42 Å². The van der Waals surface area contributed by atoms with Crippen LogP contribution >= 0.6 is 11.6 Å². The molecule has 1 unspecified atom stereocenters. The average Bonchev–Trinajstić information content (AvgIpc) is 2.24. The van der Waals surface area contributed by atoms with Crippen molar-refractivity contribution in [3.8, 4) is 5.75 Å². The van der Waals surface area contributed by atoms with Crippen LogP contribution in [-0.4, -0.2) is 26.2 Å². The van der Waals surface area contributed by atoms with E-state index in [-0.39, 0.29) is 6.04 Å². The van der Waals surface area contributed by atoms with Gasteiger partial charge in [0, 0.05) is 12.6 Å². The van der Waals surface area contributed by atoms with Gasteiger partial charge in [0.2, 0.25) is 0 Å². The summed E-state index contributed by atoms with van der Waals surface area (Å²) in [5, 5.41) is 3.94. The molecule has 1 aromatic rings. The van der Waals surface area contributed by atoms with Crippen molar-refractivity contribution in [2.45, 2.75) is 19.4 Å². The number of rotatable bonds is 6. The SMILES string of the molecule is COc1ccc(CCNCC(C)N)cc1Cl. The Labute approximate surface area is 102 Å². The molecule has 0 aliphatic heterocycles. The van der Waals surface area contributed by atoms with E-state index in [0.29, 0.717) is 10.8 Å². The molecule has 3 N–H and O–H groups in total. The Morgan fingerprint density at radius 2 is 2.25 bits per heavy atom. The first-order valence-electron chi connectivity index (χ1n) is 5.42. The van der Waals surface area contributed by atoms with Crippen LogP contribution in [0.2, 0.25) is 5.02 Å². The van der Waals surface area contributed by atoms with Crippen molar-refractivity contribution >= 4 is 11.6 Å². The lowest BCUT2D eigenvalue weighted by atomic mass is 10.1. The van der Waals surface area contributed by atoms with Gasteiger partial charge in [0.15, 0.2) is 0 Å². The topological polar surface area (TPSA) is 47.3 Å². The summed E-state index contributed by atoms with van der Waals surface area (Å²) < 4.78 is 5.09. The van der Waals surface area contributed by atoms with Gasteiger partial charge in [-0.05, 0) is 37.6 Å². The van der Waals surface area contributed by atoms with E-state index in [1.807, 2.05) is 25.1 Å². The van der Waals surface area contributed by atoms with Gasteiger partial charge in [-0.3, -0.25) is 0 Å². The van der Waals surface area contributed by atoms with E-state index in [9.17, 15) is 0 Å². The highest BCUT2D eigenvalue weighted by molar-refractivity contribution is 6.32. The summed E-state index contributed by atoms with van der Waals surface area (Å²) in [6, 6.07) is 6.05. The van der Waals surface area contributed by atoms with E-state index in [0.717, 1.165) is 19.5 Å². The molecule has 0 spiro atoms. The molecule has 4 heteroatoms. The van der Waals surface area contributed by atoms with E-state index < -0.39 is 0 Å². The monoisotopic (exact) mass is 242 g/mol. The molecule has 0 fully saturated rings. The van der Waals surface area contributed by atoms with Gasteiger partial charge in [-0.25, -0.2) is 0 Å². The Kier molecular flexibility index (Phi) is 5.60. The zero-order valence-corrected chi connectivity index (χ0v) is 10.6. The Balaban J connectivity index is 2.40. The molecule has 3 nitrogen and oxygen atoms in total. The van der Waals surface area contributed by atoms with E-state index in [1.165, 1.54) is 5.56 Å². The molecule has 1 aromatic carbocycles. The van der Waals surface area contributed by atoms with Gasteiger partial charge in [-0.1, -0.05) is 17.7 Å². The van der Waals surface area contributed by atoms with Crippen molar-refractivity contribution in [2.75, 3.05) is 20.2 Å². The first-order chi connectivity index (χ1) is 7.63. The van der Waals surface area contributed by atoms with Gasteiger partial charge in [0.25, 0.3) is 0 Å². The minimum Gasteiger partial charge on any atom is -0.495 e. The van der Waals surface area contributed by atoms with Crippen LogP contribution in [0.4, 0.5) is 0 Å². The van der Waals surface area contributed by atoms with E-state index in [4.69, 9.17) is 22.1 Å². The lowest BCUT2D eigenvalue weighted by Crippen LogP contribution is -2.32. The van der Waals surface area contributed by atoms with Crippen molar-refractivity contribution in [3.05, 3.63) is 28.8 Å². The molecule has 0 radical (unpaired) electrons. The van der Waals surface area contributed by atoms with Crippen LogP contribution in [0, 0.1) is 0 Å². The molecular weight excluding hydrogens is 224 g/mol. The molecule has 1 atom stereocenters. The Morgan fingerprint density at radius 1 is 1.50 bits per heavy atom. The normalized spacial score (nSPS) is 12.5. The summed E-state index contributed by atoms with van der Waals surface area (Å²) in [7, 11) is 1.62. The Morgan fingerprint density at radius 3 is 2.81 bits per heavy atom. The van der Waals surface area contributed by atoms with Gasteiger partial charge in [-0.2, -0.15) is 0 Å². The van der Waals surface area contributed by atoms with E-state index in [2.05, 4.69) is 5.32 Å². The molecule has 1 rings (SSSR count). The van der Waals surface area contributed by atoms with E-state index >= 15 is 0 Å². The second-order valence-electron chi connectivity index (χ2n) is 3.90. The number of halogens is 1. The summed E-state index contributed by atoms with van der Waals surface area (Å²) in [5.74, 6) is 0.717. The third-order valence-corrected chi connectivity index (χ3v) is 2.57. The summed E-state index contributed by atoms with van der Waals surface area (Å²) in [4.78, 5) is 0. The molecule has 90 valence electrons. The van der Waals surface area contributed by atoms with Gasteiger partial charge in [0.1, 0.15) is 5.75 Å². The fourth-order valence-corrected chi connectivity index (χ4v) is 1.71. The predicted molar refractivity (Wildman–Crippen MR) is 68.2 cm³/mol. The van der Waals surface area contributed by atoms with Crippen LogP contribution in [0.15, 0.2) is 18.2 Å². The molecule has 0 aliphatic rings. The quantitative estimate of drug-likeness (QED) is 0.749.